The van der Waals surface area contributed by atoms with Crippen molar-refractivity contribution in [3.05, 3.63) is 96.5 Å². The van der Waals surface area contributed by atoms with Crippen LogP contribution in [0.25, 0.3) is 0 Å². The molecule has 0 unspecified atom stereocenters. The zero-order valence-corrected chi connectivity index (χ0v) is 33.2. The molecule has 5 rings (SSSR count). The van der Waals surface area contributed by atoms with Gasteiger partial charge in [0.15, 0.2) is 12.5 Å². The number of para-hydroxylation sites is 1. The molecule has 0 radical (unpaired) electrons. The Labute approximate surface area is 336 Å². The van der Waals surface area contributed by atoms with Gasteiger partial charge in [-0.15, -0.1) is 6.42 Å². The highest BCUT2D eigenvalue weighted by atomic mass is 35.5. The predicted octanol–water partition coefficient (Wildman–Crippen LogP) is 1.03. The molecule has 3 aromatic rings. The third-order valence-corrected chi connectivity index (χ3v) is 10.0. The Morgan fingerprint density at radius 2 is 1.42 bits per heavy atom. The quantitative estimate of drug-likeness (QED) is 0.0441. The maximum Gasteiger partial charge on any atom is 0.459 e. The molecule has 4 heterocycles. The number of ether oxygens (including phenoxy) is 3. The molecule has 0 amide bonds. The smallest absolute Gasteiger partial charge is 0.459 e. The largest absolute Gasteiger partial charge is 0.462 e. The molecule has 2 aliphatic rings. The minimum atomic E-state index is -4.35. The van der Waals surface area contributed by atoms with Gasteiger partial charge < -0.3 is 34.1 Å². The van der Waals surface area contributed by atoms with Crippen LogP contribution >= 0.6 is 43.6 Å². The number of nitrogens with zero attached hydrogens (tertiary/aromatic N) is 2. The van der Waals surface area contributed by atoms with Crippen LogP contribution < -0.4 is 32.1 Å². The van der Waals surface area contributed by atoms with Gasteiger partial charge in [0.2, 0.25) is 0 Å². The number of carbonyl (C=O) groups excluding carboxylic acids is 1. The fraction of sp³-hybridized carbons (Fsp3) is 0.469. The summed E-state index contributed by atoms with van der Waals surface area (Å²) < 4.78 is 70.5. The maximum atomic E-state index is 15.2. The number of thiol groups is 1. The van der Waals surface area contributed by atoms with Crippen LogP contribution in [0.1, 0.15) is 33.2 Å². The van der Waals surface area contributed by atoms with Gasteiger partial charge in [-0.2, -0.15) is 5.09 Å². The Balaban J connectivity index is 0.000000344. The van der Waals surface area contributed by atoms with E-state index in [1.54, 1.807) is 32.0 Å². The van der Waals surface area contributed by atoms with Gasteiger partial charge in [0.1, 0.15) is 36.2 Å². The molecule has 10 atom stereocenters. The molecule has 19 nitrogen and oxygen atoms in total. The van der Waals surface area contributed by atoms with E-state index in [2.05, 4.69) is 24.1 Å². The van der Waals surface area contributed by atoms with Gasteiger partial charge in [0.25, 0.3) is 21.4 Å². The van der Waals surface area contributed by atoms with Gasteiger partial charge in [0, 0.05) is 24.5 Å². The number of aliphatic hydroxyl groups is 3. The number of rotatable bonds is 12. The minimum Gasteiger partial charge on any atom is -0.462 e. The van der Waals surface area contributed by atoms with Crippen LogP contribution in [0.4, 0.5) is 8.78 Å². The van der Waals surface area contributed by atoms with E-state index >= 15 is 4.39 Å². The summed E-state index contributed by atoms with van der Waals surface area (Å²) in [5.74, 6) is -0.607. The molecule has 25 heteroatoms. The Hall–Kier alpha value is -3.85. The van der Waals surface area contributed by atoms with Crippen molar-refractivity contribution < 1.29 is 56.7 Å². The summed E-state index contributed by atoms with van der Waals surface area (Å²) in [6.45, 7) is 3.27. The Bertz CT molecular complexity index is 2150. The highest BCUT2D eigenvalue weighted by Gasteiger charge is 2.59. The van der Waals surface area contributed by atoms with Gasteiger partial charge >= 0.3 is 25.1 Å². The summed E-state index contributed by atoms with van der Waals surface area (Å²) in [6, 6.07) is 8.66. The average Bonchev–Trinajstić information content (AvgIpc) is 3.49. The SMILES string of the molecule is C#CS.CC(C)OC(=O)[C@H](C)N[P@](=O)(OC[C@H]1O[C@@H](n2ccc(=O)[nH]c2=O)[C@@](F)(Cl)[C@@H]1O)Oc1ccccc1.O=c1ccn([C@@H]2O[C@H](CO)[C@@H](O)[C@]2(F)Cl)c(=O)[nH]1. The summed E-state index contributed by atoms with van der Waals surface area (Å²) in [4.78, 5) is 61.8. The lowest BCUT2D eigenvalue weighted by atomic mass is 10.1. The lowest BCUT2D eigenvalue weighted by Crippen LogP contribution is -2.42. The molecule has 2 saturated heterocycles. The van der Waals surface area contributed by atoms with E-state index in [9.17, 15) is 43.1 Å². The number of aromatic amines is 2. The normalized spacial score (nSPS) is 28.1. The number of benzene rings is 1. The van der Waals surface area contributed by atoms with Gasteiger partial charge in [-0.3, -0.25) is 38.0 Å². The van der Waals surface area contributed by atoms with Crippen molar-refractivity contribution in [2.24, 2.45) is 0 Å². The first-order valence-corrected chi connectivity index (χ1v) is 19.1. The van der Waals surface area contributed by atoms with Gasteiger partial charge in [-0.1, -0.05) is 54.0 Å². The molecule has 57 heavy (non-hydrogen) atoms. The fourth-order valence-corrected chi connectivity index (χ4v) is 7.05. The predicted molar refractivity (Wildman–Crippen MR) is 201 cm³/mol. The Morgan fingerprint density at radius 3 is 1.84 bits per heavy atom. The van der Waals surface area contributed by atoms with E-state index in [4.69, 9.17) is 51.6 Å². The average molecular weight is 889 g/mol. The van der Waals surface area contributed by atoms with Gasteiger partial charge in [0.05, 0.1) is 19.3 Å². The van der Waals surface area contributed by atoms with Crippen molar-refractivity contribution in [2.45, 2.75) is 80.0 Å². The molecular formula is C32H38Cl2F2N5O14PS. The number of alkyl halides is 4. The lowest BCUT2D eigenvalue weighted by Gasteiger charge is -2.25. The van der Waals surface area contributed by atoms with Crippen molar-refractivity contribution >= 4 is 49.5 Å². The van der Waals surface area contributed by atoms with Crippen molar-refractivity contribution in [3.8, 4) is 17.4 Å². The second kappa shape index (κ2) is 20.2. The maximum absolute atomic E-state index is 15.2. The number of terminal acetylenes is 1. The first-order valence-electron chi connectivity index (χ1n) is 16.4. The Kier molecular flexibility index (Phi) is 16.9. The molecule has 2 aromatic heterocycles. The zero-order valence-electron chi connectivity index (χ0n) is 29.9. The van der Waals surface area contributed by atoms with Crippen LogP contribution in [0.3, 0.4) is 0 Å². The number of halogens is 4. The number of aliphatic hydroxyl groups excluding tert-OH is 3. The monoisotopic (exact) mass is 887 g/mol. The highest BCUT2D eigenvalue weighted by molar-refractivity contribution is 7.85. The summed E-state index contributed by atoms with van der Waals surface area (Å²) in [5.41, 5.74) is -3.35. The number of hydrogen-bond acceptors (Lipinski definition) is 15. The van der Waals surface area contributed by atoms with Gasteiger partial charge in [-0.05, 0) is 38.2 Å². The van der Waals surface area contributed by atoms with Crippen LogP contribution in [0.5, 0.6) is 5.75 Å². The van der Waals surface area contributed by atoms with Crippen molar-refractivity contribution in [1.29, 1.82) is 0 Å². The van der Waals surface area contributed by atoms with E-state index in [1.807, 2.05) is 15.2 Å². The molecule has 0 saturated carbocycles. The standard InChI is InChI=1S/C21H26ClFN3O9P.C9H10ClFN2O5.C2H2S/c1-12(2)33-18(29)13(3)25-36(31,35-14-7-5-4-6-8-14)32-11-15-17(28)21(22,23)19(34-15)26-10-9-16(27)24-20(26)30;10-9(11)6(16)4(3-14)18-7(9)13-2-1-5(15)12-8(13)17;1-2-3/h4-10,12-13,15,17,19,28H,11H2,1-3H3,(H,25,31)(H,24,27,30);1-2,4,6-7,14,16H,3H2,(H,12,15,17);1,3H/t13-,15+,17+,19+,21+,36-;4-,6-,7-,9-;/m01./s1. The Morgan fingerprint density at radius 1 is 0.965 bits per heavy atom. The van der Waals surface area contributed by atoms with Crippen LogP contribution in [-0.2, 0) is 28.1 Å². The van der Waals surface area contributed by atoms with Crippen molar-refractivity contribution in [2.75, 3.05) is 13.2 Å². The molecule has 2 aliphatic heterocycles. The molecule has 0 aliphatic carbocycles. The summed E-state index contributed by atoms with van der Waals surface area (Å²) in [5, 5.41) is 27.4. The third-order valence-electron chi connectivity index (χ3n) is 7.58. The summed E-state index contributed by atoms with van der Waals surface area (Å²) in [6.07, 6.45) is -4.15. The van der Waals surface area contributed by atoms with E-state index < -0.39 is 109 Å². The number of H-pyrrole nitrogens is 2. The summed E-state index contributed by atoms with van der Waals surface area (Å²) >= 11 is 14.7. The molecule has 314 valence electrons. The molecule has 1 aromatic carbocycles. The van der Waals surface area contributed by atoms with Crippen molar-refractivity contribution in [3.63, 3.8) is 0 Å². The van der Waals surface area contributed by atoms with Gasteiger partial charge in [-0.25, -0.2) is 22.9 Å². The van der Waals surface area contributed by atoms with Crippen LogP contribution in [0.15, 0.2) is 74.0 Å². The minimum absolute atomic E-state index is 0.125. The second-order valence-corrected chi connectivity index (χ2v) is 15.3. The lowest BCUT2D eigenvalue weighted by molar-refractivity contribution is -0.149. The second-order valence-electron chi connectivity index (χ2n) is 12.2. The van der Waals surface area contributed by atoms with Crippen LogP contribution in [0.2, 0.25) is 0 Å². The molecule has 2 fully saturated rings. The fourth-order valence-electron chi connectivity index (χ4n) is 4.95. The number of esters is 1. The zero-order chi connectivity index (χ0) is 42.9. The first-order chi connectivity index (χ1) is 26.6. The van der Waals surface area contributed by atoms with E-state index in [1.165, 1.54) is 19.1 Å². The highest BCUT2D eigenvalue weighted by Crippen LogP contribution is 2.49. The van der Waals surface area contributed by atoms with Crippen molar-refractivity contribution in [1.82, 2.24) is 24.2 Å². The van der Waals surface area contributed by atoms with E-state index in [0.29, 0.717) is 9.13 Å². The number of aromatic nitrogens is 4. The molecule has 0 bridgehead atoms. The molecule has 6 N–H and O–H groups in total. The molecular weight excluding hydrogens is 850 g/mol. The van der Waals surface area contributed by atoms with E-state index in [0.717, 1.165) is 24.5 Å². The summed E-state index contributed by atoms with van der Waals surface area (Å²) in [7, 11) is -4.35. The van der Waals surface area contributed by atoms with Crippen LogP contribution in [-0.4, -0.2) is 100 Å². The number of hydrogen-bond donors (Lipinski definition) is 7. The first kappa shape index (κ1) is 47.5. The third kappa shape index (κ3) is 12.1. The number of nitrogens with one attached hydrogen (secondary N) is 3. The number of carbonyl (C=O) groups is 1. The molecule has 0 spiro atoms. The van der Waals surface area contributed by atoms with E-state index in [-0.39, 0.29) is 5.75 Å². The topological polar surface area (TPSA) is 263 Å². The van der Waals surface area contributed by atoms with Crippen LogP contribution in [0, 0.1) is 11.7 Å².